The Kier molecular flexibility index (Phi) is 2.69. The van der Waals surface area contributed by atoms with Crippen LogP contribution in [0.2, 0.25) is 0 Å². The fraction of sp³-hybridized carbons (Fsp3) is 0.667. The zero-order valence-corrected chi connectivity index (χ0v) is 9.23. The Bertz CT molecular complexity index is 292. The third kappa shape index (κ3) is 1.94. The van der Waals surface area contributed by atoms with Crippen LogP contribution >= 0.6 is 15.9 Å². The molecule has 0 aliphatic carbocycles. The third-order valence-electron chi connectivity index (χ3n) is 2.47. The van der Waals surface area contributed by atoms with Crippen LogP contribution in [0.25, 0.3) is 0 Å². The number of nitrogens with zero attached hydrogens (tertiary/aromatic N) is 1. The molecule has 0 aromatic carbocycles. The molecule has 2 heterocycles. The number of hydrogen-bond acceptors (Lipinski definition) is 3. The van der Waals surface area contributed by atoms with Crippen molar-refractivity contribution in [3.8, 4) is 0 Å². The van der Waals surface area contributed by atoms with Crippen LogP contribution in [-0.4, -0.2) is 18.1 Å². The summed E-state index contributed by atoms with van der Waals surface area (Å²) in [5.41, 5.74) is 1.01. The van der Waals surface area contributed by atoms with Crippen molar-refractivity contribution in [3.63, 3.8) is 0 Å². The minimum atomic E-state index is 0.507. The molecule has 1 unspecified atom stereocenters. The van der Waals surface area contributed by atoms with Gasteiger partial charge in [0.1, 0.15) is 5.76 Å². The quantitative estimate of drug-likeness (QED) is 0.824. The van der Waals surface area contributed by atoms with Gasteiger partial charge in [-0.2, -0.15) is 0 Å². The molecule has 1 atom stereocenters. The number of nitrogens with one attached hydrogen (secondary N) is 1. The standard InChI is InChI=1S/C9H13BrN2O/c1-6-8(13-9(10)12-6)7-3-2-4-11-5-7/h7,11H,2-5H2,1H3. The number of aryl methyl sites for hydroxylation is 1. The Morgan fingerprint density at radius 2 is 2.46 bits per heavy atom. The van der Waals surface area contributed by atoms with Gasteiger partial charge in [-0.25, -0.2) is 4.98 Å². The van der Waals surface area contributed by atoms with Crippen molar-refractivity contribution < 1.29 is 4.42 Å². The molecule has 3 nitrogen and oxygen atoms in total. The summed E-state index contributed by atoms with van der Waals surface area (Å²) in [7, 11) is 0. The van der Waals surface area contributed by atoms with Gasteiger partial charge < -0.3 is 9.73 Å². The van der Waals surface area contributed by atoms with Crippen LogP contribution in [0, 0.1) is 6.92 Å². The minimum Gasteiger partial charge on any atom is -0.436 e. The maximum absolute atomic E-state index is 5.52. The van der Waals surface area contributed by atoms with Crippen LogP contribution in [0.3, 0.4) is 0 Å². The molecule has 0 radical (unpaired) electrons. The molecule has 1 fully saturated rings. The van der Waals surface area contributed by atoms with Gasteiger partial charge >= 0.3 is 0 Å². The van der Waals surface area contributed by atoms with Crippen LogP contribution in [-0.2, 0) is 0 Å². The topological polar surface area (TPSA) is 38.1 Å². The summed E-state index contributed by atoms with van der Waals surface area (Å²) in [4.78, 5) is 4.81. The normalized spacial score (nSPS) is 23.4. The van der Waals surface area contributed by atoms with E-state index in [1.54, 1.807) is 0 Å². The third-order valence-corrected chi connectivity index (χ3v) is 2.81. The van der Waals surface area contributed by atoms with Crippen LogP contribution < -0.4 is 5.32 Å². The lowest BCUT2D eigenvalue weighted by Gasteiger charge is -2.20. The Labute approximate surface area is 86.0 Å². The highest BCUT2D eigenvalue weighted by atomic mass is 79.9. The summed E-state index contributed by atoms with van der Waals surface area (Å²) in [6.07, 6.45) is 2.43. The smallest absolute Gasteiger partial charge is 0.264 e. The molecule has 4 heteroatoms. The van der Waals surface area contributed by atoms with Crippen molar-refractivity contribution in [3.05, 3.63) is 16.3 Å². The molecule has 72 valence electrons. The van der Waals surface area contributed by atoms with E-state index in [1.165, 1.54) is 12.8 Å². The molecule has 0 spiro atoms. The largest absolute Gasteiger partial charge is 0.436 e. The molecule has 1 aromatic heterocycles. The second kappa shape index (κ2) is 3.80. The first-order chi connectivity index (χ1) is 6.27. The van der Waals surface area contributed by atoms with Gasteiger partial charge in [0.05, 0.1) is 5.69 Å². The van der Waals surface area contributed by atoms with Crippen molar-refractivity contribution in [2.45, 2.75) is 25.7 Å². The molecule has 1 saturated heterocycles. The van der Waals surface area contributed by atoms with Crippen molar-refractivity contribution in [2.75, 3.05) is 13.1 Å². The van der Waals surface area contributed by atoms with Gasteiger partial charge in [-0.15, -0.1) is 0 Å². The number of halogens is 1. The van der Waals surface area contributed by atoms with E-state index in [0.717, 1.165) is 24.5 Å². The van der Waals surface area contributed by atoms with Gasteiger partial charge in [-0.3, -0.25) is 0 Å². The summed E-state index contributed by atoms with van der Waals surface area (Å²) in [5.74, 6) is 1.55. The molecular formula is C9H13BrN2O. The maximum atomic E-state index is 5.52. The summed E-state index contributed by atoms with van der Waals surface area (Å²) in [6.45, 7) is 4.14. The van der Waals surface area contributed by atoms with Gasteiger partial charge in [0.15, 0.2) is 0 Å². The monoisotopic (exact) mass is 244 g/mol. The number of oxazole rings is 1. The van der Waals surface area contributed by atoms with E-state index in [2.05, 4.69) is 26.2 Å². The highest BCUT2D eigenvalue weighted by molar-refractivity contribution is 9.10. The maximum Gasteiger partial charge on any atom is 0.264 e. The van der Waals surface area contributed by atoms with E-state index in [9.17, 15) is 0 Å². The van der Waals surface area contributed by atoms with Crippen molar-refractivity contribution in [1.29, 1.82) is 0 Å². The number of aromatic nitrogens is 1. The zero-order chi connectivity index (χ0) is 9.26. The van der Waals surface area contributed by atoms with Crippen LogP contribution in [0.5, 0.6) is 0 Å². The summed E-state index contributed by atoms with van der Waals surface area (Å²) < 4.78 is 5.52. The first-order valence-electron chi connectivity index (χ1n) is 4.61. The molecule has 13 heavy (non-hydrogen) atoms. The Balaban J connectivity index is 2.18. The summed E-state index contributed by atoms with van der Waals surface area (Å²) in [5, 5.41) is 3.37. The Morgan fingerprint density at radius 3 is 3.00 bits per heavy atom. The van der Waals surface area contributed by atoms with Gasteiger partial charge in [0.25, 0.3) is 4.80 Å². The van der Waals surface area contributed by atoms with E-state index in [0.29, 0.717) is 10.7 Å². The number of rotatable bonds is 1. The van der Waals surface area contributed by atoms with E-state index in [4.69, 9.17) is 4.42 Å². The van der Waals surface area contributed by atoms with Gasteiger partial charge in [-0.1, -0.05) is 0 Å². The second-order valence-electron chi connectivity index (χ2n) is 3.46. The minimum absolute atomic E-state index is 0.507. The lowest BCUT2D eigenvalue weighted by Crippen LogP contribution is -2.28. The Morgan fingerprint density at radius 1 is 1.62 bits per heavy atom. The average molecular weight is 245 g/mol. The lowest BCUT2D eigenvalue weighted by molar-refractivity contribution is 0.377. The summed E-state index contributed by atoms with van der Waals surface area (Å²) in [6, 6.07) is 0. The molecule has 0 bridgehead atoms. The highest BCUT2D eigenvalue weighted by Crippen LogP contribution is 2.28. The van der Waals surface area contributed by atoms with Gasteiger partial charge in [0.2, 0.25) is 0 Å². The molecule has 1 aliphatic heterocycles. The van der Waals surface area contributed by atoms with Crippen molar-refractivity contribution in [2.24, 2.45) is 0 Å². The lowest BCUT2D eigenvalue weighted by atomic mass is 9.96. The molecule has 0 amide bonds. The average Bonchev–Trinajstić information content (AvgIpc) is 2.47. The van der Waals surface area contributed by atoms with Gasteiger partial charge in [0, 0.05) is 28.4 Å². The molecular weight excluding hydrogens is 232 g/mol. The molecule has 1 aliphatic rings. The first kappa shape index (κ1) is 9.21. The molecule has 1 aromatic rings. The van der Waals surface area contributed by atoms with Crippen molar-refractivity contribution >= 4 is 15.9 Å². The fourth-order valence-electron chi connectivity index (χ4n) is 1.83. The second-order valence-corrected chi connectivity index (χ2v) is 4.14. The van der Waals surface area contributed by atoms with Crippen LogP contribution in [0.4, 0.5) is 0 Å². The van der Waals surface area contributed by atoms with E-state index < -0.39 is 0 Å². The van der Waals surface area contributed by atoms with Gasteiger partial charge in [-0.05, 0) is 26.3 Å². The zero-order valence-electron chi connectivity index (χ0n) is 7.64. The van der Waals surface area contributed by atoms with E-state index in [-0.39, 0.29) is 0 Å². The molecule has 0 saturated carbocycles. The highest BCUT2D eigenvalue weighted by Gasteiger charge is 2.21. The Hall–Kier alpha value is -0.350. The van der Waals surface area contributed by atoms with E-state index >= 15 is 0 Å². The van der Waals surface area contributed by atoms with E-state index in [1.807, 2.05) is 6.92 Å². The van der Waals surface area contributed by atoms with Crippen LogP contribution in [0.1, 0.15) is 30.2 Å². The first-order valence-corrected chi connectivity index (χ1v) is 5.40. The number of hydrogen-bond donors (Lipinski definition) is 1. The summed E-state index contributed by atoms with van der Waals surface area (Å²) >= 11 is 3.25. The fourth-order valence-corrected chi connectivity index (χ4v) is 2.27. The molecule has 1 N–H and O–H groups in total. The molecule has 2 rings (SSSR count). The SMILES string of the molecule is Cc1nc(Br)oc1C1CCCNC1. The predicted molar refractivity (Wildman–Crippen MR) is 53.8 cm³/mol. The predicted octanol–water partition coefficient (Wildman–Crippen LogP) is 2.21. The van der Waals surface area contributed by atoms with Crippen molar-refractivity contribution in [1.82, 2.24) is 10.3 Å². The number of piperidine rings is 1. The van der Waals surface area contributed by atoms with Crippen LogP contribution in [0.15, 0.2) is 9.22 Å².